The first-order valence-electron chi connectivity index (χ1n) is 7.52. The van der Waals surface area contributed by atoms with Crippen molar-refractivity contribution < 1.29 is 27.2 Å². The van der Waals surface area contributed by atoms with Crippen molar-refractivity contribution in [3.63, 3.8) is 0 Å². The molecule has 0 bridgehead atoms. The van der Waals surface area contributed by atoms with Gasteiger partial charge in [-0.05, 0) is 35.7 Å². The van der Waals surface area contributed by atoms with Crippen molar-refractivity contribution in [2.45, 2.75) is 6.18 Å². The number of alkyl halides is 3. The van der Waals surface area contributed by atoms with Gasteiger partial charge < -0.3 is 14.6 Å². The van der Waals surface area contributed by atoms with E-state index in [1.54, 1.807) is 0 Å². The van der Waals surface area contributed by atoms with Gasteiger partial charge in [0.2, 0.25) is 0 Å². The third-order valence-electron chi connectivity index (χ3n) is 3.34. The summed E-state index contributed by atoms with van der Waals surface area (Å²) in [4.78, 5) is 12.8. The number of nitrogens with one attached hydrogen (secondary N) is 1. The van der Waals surface area contributed by atoms with Crippen molar-refractivity contribution in [3.8, 4) is 16.4 Å². The Labute approximate surface area is 150 Å². The first-order chi connectivity index (χ1) is 12.4. The molecule has 0 fully saturated rings. The topological polar surface area (TPSA) is 64.4 Å². The zero-order valence-electron chi connectivity index (χ0n) is 13.2. The number of carbonyl (C=O) groups excluding carboxylic acids is 1. The molecule has 2 heterocycles. The summed E-state index contributed by atoms with van der Waals surface area (Å²) in [6.07, 6.45) is -4.38. The Bertz CT molecular complexity index is 858. The Morgan fingerprint density at radius 2 is 2.00 bits per heavy atom. The van der Waals surface area contributed by atoms with Crippen LogP contribution in [-0.2, 0) is 6.18 Å². The van der Waals surface area contributed by atoms with Crippen molar-refractivity contribution >= 4 is 17.2 Å². The molecule has 5 nitrogen and oxygen atoms in total. The number of amides is 1. The van der Waals surface area contributed by atoms with Gasteiger partial charge in [-0.15, -0.1) is 11.3 Å². The van der Waals surface area contributed by atoms with Crippen LogP contribution in [0.1, 0.15) is 16.1 Å². The molecule has 0 aliphatic heterocycles. The highest BCUT2D eigenvalue weighted by molar-refractivity contribution is 7.13. The molecular weight excluding hydrogens is 369 g/mol. The number of ether oxygens (including phenoxy) is 1. The molecule has 3 aromatic rings. The molecule has 9 heteroatoms. The van der Waals surface area contributed by atoms with Gasteiger partial charge in [-0.3, -0.25) is 4.79 Å². The summed E-state index contributed by atoms with van der Waals surface area (Å²) in [7, 11) is 0. The van der Waals surface area contributed by atoms with Crippen LogP contribution in [0.3, 0.4) is 0 Å². The third-order valence-corrected chi connectivity index (χ3v) is 4.23. The van der Waals surface area contributed by atoms with Gasteiger partial charge in [-0.2, -0.15) is 13.2 Å². The molecule has 26 heavy (non-hydrogen) atoms. The quantitative estimate of drug-likeness (QED) is 0.648. The van der Waals surface area contributed by atoms with Crippen molar-refractivity contribution in [2.24, 2.45) is 0 Å². The molecule has 0 atom stereocenters. The van der Waals surface area contributed by atoms with Gasteiger partial charge in [-0.1, -0.05) is 11.2 Å². The third kappa shape index (κ3) is 4.42. The van der Waals surface area contributed by atoms with E-state index < -0.39 is 17.6 Å². The van der Waals surface area contributed by atoms with Crippen molar-refractivity contribution in [2.75, 3.05) is 13.2 Å². The summed E-state index contributed by atoms with van der Waals surface area (Å²) in [5.41, 5.74) is -0.603. The number of benzene rings is 1. The van der Waals surface area contributed by atoms with Gasteiger partial charge in [0, 0.05) is 6.07 Å². The molecule has 136 valence electrons. The van der Waals surface area contributed by atoms with E-state index in [2.05, 4.69) is 10.5 Å². The monoisotopic (exact) mass is 382 g/mol. The SMILES string of the molecule is O=C(NCCOc1ccc(C(F)(F)F)cc1)c1cc(-c2cccs2)on1. The number of aromatic nitrogens is 1. The fourth-order valence-electron chi connectivity index (χ4n) is 2.08. The lowest BCUT2D eigenvalue weighted by molar-refractivity contribution is -0.137. The van der Waals surface area contributed by atoms with Crippen LogP contribution in [-0.4, -0.2) is 24.2 Å². The van der Waals surface area contributed by atoms with E-state index in [0.29, 0.717) is 5.76 Å². The molecule has 0 unspecified atom stereocenters. The summed E-state index contributed by atoms with van der Waals surface area (Å²) >= 11 is 1.47. The fraction of sp³-hybridized carbons (Fsp3) is 0.176. The molecule has 0 saturated carbocycles. The maximum Gasteiger partial charge on any atom is 0.416 e. The maximum atomic E-state index is 12.5. The van der Waals surface area contributed by atoms with E-state index >= 15 is 0 Å². The number of nitrogens with zero attached hydrogens (tertiary/aromatic N) is 1. The number of hydrogen-bond acceptors (Lipinski definition) is 5. The normalized spacial score (nSPS) is 11.3. The Morgan fingerprint density at radius 1 is 1.23 bits per heavy atom. The Hall–Kier alpha value is -2.81. The van der Waals surface area contributed by atoms with Gasteiger partial charge >= 0.3 is 6.18 Å². The predicted octanol–water partition coefficient (Wildman–Crippen LogP) is 4.23. The van der Waals surface area contributed by atoms with Crippen LogP contribution in [0.2, 0.25) is 0 Å². The number of carbonyl (C=O) groups is 1. The molecule has 2 aromatic heterocycles. The number of rotatable bonds is 6. The maximum absolute atomic E-state index is 12.5. The minimum absolute atomic E-state index is 0.104. The van der Waals surface area contributed by atoms with Gasteiger partial charge in [-0.25, -0.2) is 0 Å². The standard InChI is InChI=1S/C17H13F3N2O3S/c18-17(19,20)11-3-5-12(6-4-11)24-8-7-21-16(23)13-10-14(25-22-13)15-2-1-9-26-15/h1-6,9-10H,7-8H2,(H,21,23). The number of thiophene rings is 1. The van der Waals surface area contributed by atoms with Crippen LogP contribution in [0, 0.1) is 0 Å². The second-order valence-corrected chi connectivity index (χ2v) is 6.13. The molecule has 1 amide bonds. The average molecular weight is 382 g/mol. The minimum Gasteiger partial charge on any atom is -0.492 e. The smallest absolute Gasteiger partial charge is 0.416 e. The second-order valence-electron chi connectivity index (χ2n) is 5.18. The van der Waals surface area contributed by atoms with Crippen LogP contribution in [0.4, 0.5) is 13.2 Å². The molecule has 1 aromatic carbocycles. The molecule has 0 aliphatic rings. The highest BCUT2D eigenvalue weighted by Crippen LogP contribution is 2.30. The van der Waals surface area contributed by atoms with E-state index in [-0.39, 0.29) is 24.6 Å². The van der Waals surface area contributed by atoms with Gasteiger partial charge in [0.15, 0.2) is 11.5 Å². The first kappa shape index (κ1) is 18.0. The summed E-state index contributed by atoms with van der Waals surface area (Å²) in [5.74, 6) is 0.368. The van der Waals surface area contributed by atoms with Crippen molar-refractivity contribution in [3.05, 3.63) is 59.1 Å². The molecule has 0 saturated heterocycles. The number of halogens is 3. The highest BCUT2D eigenvalue weighted by atomic mass is 32.1. The lowest BCUT2D eigenvalue weighted by atomic mass is 10.2. The zero-order chi connectivity index (χ0) is 18.6. The van der Waals surface area contributed by atoms with Crippen molar-refractivity contribution in [1.29, 1.82) is 0 Å². The molecule has 3 rings (SSSR count). The van der Waals surface area contributed by atoms with Crippen molar-refractivity contribution in [1.82, 2.24) is 10.5 Å². The minimum atomic E-state index is -4.38. The molecule has 0 aliphatic carbocycles. The summed E-state index contributed by atoms with van der Waals surface area (Å²) < 4.78 is 47.8. The molecule has 0 radical (unpaired) electrons. The van der Waals surface area contributed by atoms with Gasteiger partial charge in [0.25, 0.3) is 5.91 Å². The van der Waals surface area contributed by atoms with Crippen LogP contribution < -0.4 is 10.1 Å². The predicted molar refractivity (Wildman–Crippen MR) is 89.1 cm³/mol. The summed E-state index contributed by atoms with van der Waals surface area (Å²) in [6.45, 7) is 0.272. The first-order valence-corrected chi connectivity index (χ1v) is 8.40. The lowest BCUT2D eigenvalue weighted by Gasteiger charge is -2.09. The molecular formula is C17H13F3N2O3S. The number of hydrogen-bond donors (Lipinski definition) is 1. The molecule has 1 N–H and O–H groups in total. The highest BCUT2D eigenvalue weighted by Gasteiger charge is 2.30. The fourth-order valence-corrected chi connectivity index (χ4v) is 2.75. The summed E-state index contributed by atoms with van der Waals surface area (Å²) in [6, 6.07) is 9.60. The Morgan fingerprint density at radius 3 is 2.65 bits per heavy atom. The van der Waals surface area contributed by atoms with Gasteiger partial charge in [0.05, 0.1) is 17.0 Å². The van der Waals surface area contributed by atoms with E-state index in [0.717, 1.165) is 17.0 Å². The second kappa shape index (κ2) is 7.61. The molecule has 0 spiro atoms. The largest absolute Gasteiger partial charge is 0.492 e. The average Bonchev–Trinajstić information content (AvgIpc) is 3.29. The van der Waals surface area contributed by atoms with E-state index in [9.17, 15) is 18.0 Å². The van der Waals surface area contributed by atoms with Gasteiger partial charge in [0.1, 0.15) is 12.4 Å². The lowest BCUT2D eigenvalue weighted by Crippen LogP contribution is -2.28. The van der Waals surface area contributed by atoms with E-state index in [1.165, 1.54) is 29.5 Å². The van der Waals surface area contributed by atoms with Crippen LogP contribution in [0.15, 0.2) is 52.4 Å². The zero-order valence-corrected chi connectivity index (χ0v) is 14.1. The van der Waals surface area contributed by atoms with Crippen LogP contribution >= 0.6 is 11.3 Å². The van der Waals surface area contributed by atoms with E-state index in [4.69, 9.17) is 9.26 Å². The van der Waals surface area contributed by atoms with Crippen LogP contribution in [0.25, 0.3) is 10.6 Å². The Balaban J connectivity index is 1.45. The Kier molecular flexibility index (Phi) is 5.27. The van der Waals surface area contributed by atoms with Crippen LogP contribution in [0.5, 0.6) is 5.75 Å². The summed E-state index contributed by atoms with van der Waals surface area (Å²) in [5, 5.41) is 8.20. The van der Waals surface area contributed by atoms with E-state index in [1.807, 2.05) is 17.5 Å².